The van der Waals surface area contributed by atoms with Crippen LogP contribution in [0, 0.1) is 0 Å². The number of carbonyl (C=O) groups is 1. The Balaban J connectivity index is 2.52. The number of hydrogen-bond acceptors (Lipinski definition) is 4. The zero-order chi connectivity index (χ0) is 6.97. The topological polar surface area (TPSA) is 72.5 Å². The van der Waals surface area contributed by atoms with Crippen LogP contribution >= 0.6 is 0 Å². The maximum Gasteiger partial charge on any atom is 0.286 e. The average molecular weight is 137 g/mol. The molecule has 0 aromatic carbocycles. The minimum atomic E-state index is -0.294. The van der Waals surface area contributed by atoms with Crippen LogP contribution < -0.4 is 0 Å². The molecular formula is C4H3N5O. The van der Waals surface area contributed by atoms with Crippen molar-refractivity contribution in [3.05, 3.63) is 6.33 Å². The number of rotatable bonds is 0. The Morgan fingerprint density at radius 2 is 2.40 bits per heavy atom. The van der Waals surface area contributed by atoms with Gasteiger partial charge >= 0.3 is 0 Å². The van der Waals surface area contributed by atoms with Crippen LogP contribution in [-0.4, -0.2) is 20.7 Å². The smallest absolute Gasteiger partial charge is 0.269 e. The summed E-state index contributed by atoms with van der Waals surface area (Å²) >= 11 is 0. The number of carbonyl (C=O) groups excluding carboxylic acids is 1. The standard InChI is InChI=1S/C4H3N5O/c10-3-1-9-4(8-7-3)5-2-6-9/h2H,1H2. The number of aromatic nitrogens is 3. The Bertz CT molecular complexity index is 300. The molecular weight excluding hydrogens is 134 g/mol. The summed E-state index contributed by atoms with van der Waals surface area (Å²) in [6.07, 6.45) is 1.34. The first kappa shape index (κ1) is 5.21. The molecule has 0 N–H and O–H groups in total. The summed E-state index contributed by atoms with van der Waals surface area (Å²) in [6.45, 7) is 0.152. The Morgan fingerprint density at radius 1 is 1.50 bits per heavy atom. The van der Waals surface area contributed by atoms with Crippen molar-refractivity contribution in [1.82, 2.24) is 14.8 Å². The van der Waals surface area contributed by atoms with Crippen molar-refractivity contribution in [2.24, 2.45) is 10.2 Å². The van der Waals surface area contributed by atoms with Crippen molar-refractivity contribution >= 4 is 11.9 Å². The Kier molecular flexibility index (Phi) is 0.883. The summed E-state index contributed by atoms with van der Waals surface area (Å²) in [5.41, 5.74) is 0. The van der Waals surface area contributed by atoms with Gasteiger partial charge in [0.25, 0.3) is 11.9 Å². The molecule has 1 aromatic rings. The first-order chi connectivity index (χ1) is 4.86. The Hall–Kier alpha value is -1.59. The third-order valence-corrected chi connectivity index (χ3v) is 1.13. The van der Waals surface area contributed by atoms with Crippen molar-refractivity contribution < 1.29 is 4.79 Å². The van der Waals surface area contributed by atoms with E-state index in [0.29, 0.717) is 5.95 Å². The largest absolute Gasteiger partial charge is 0.286 e. The van der Waals surface area contributed by atoms with E-state index in [1.807, 2.05) is 0 Å². The molecule has 0 saturated carbocycles. The molecule has 0 bridgehead atoms. The summed E-state index contributed by atoms with van der Waals surface area (Å²) in [7, 11) is 0. The fraction of sp³-hybridized carbons (Fsp3) is 0.250. The average Bonchev–Trinajstić information content (AvgIpc) is 2.33. The number of azo groups is 1. The maximum atomic E-state index is 10.6. The molecule has 0 radical (unpaired) electrons. The monoisotopic (exact) mass is 137 g/mol. The van der Waals surface area contributed by atoms with Gasteiger partial charge < -0.3 is 0 Å². The lowest BCUT2D eigenvalue weighted by Crippen LogP contribution is -2.11. The van der Waals surface area contributed by atoms with Gasteiger partial charge in [-0.15, -0.1) is 10.2 Å². The molecule has 0 unspecified atom stereocenters. The quantitative estimate of drug-likeness (QED) is 0.501. The fourth-order valence-corrected chi connectivity index (χ4v) is 0.707. The molecule has 2 rings (SSSR count). The van der Waals surface area contributed by atoms with E-state index >= 15 is 0 Å². The zero-order valence-corrected chi connectivity index (χ0v) is 4.93. The van der Waals surface area contributed by atoms with Crippen LogP contribution in [0.3, 0.4) is 0 Å². The van der Waals surface area contributed by atoms with Crippen LogP contribution in [-0.2, 0) is 11.3 Å². The van der Waals surface area contributed by atoms with E-state index in [-0.39, 0.29) is 12.5 Å². The van der Waals surface area contributed by atoms with Crippen LogP contribution in [0.15, 0.2) is 16.6 Å². The van der Waals surface area contributed by atoms with Gasteiger partial charge in [-0.05, 0) is 0 Å². The van der Waals surface area contributed by atoms with Crippen LogP contribution in [0.2, 0.25) is 0 Å². The van der Waals surface area contributed by atoms with Gasteiger partial charge in [-0.3, -0.25) is 4.79 Å². The second-order valence-electron chi connectivity index (χ2n) is 1.81. The van der Waals surface area contributed by atoms with E-state index in [1.54, 1.807) is 0 Å². The van der Waals surface area contributed by atoms with E-state index < -0.39 is 0 Å². The highest BCUT2D eigenvalue weighted by molar-refractivity contribution is 5.77. The van der Waals surface area contributed by atoms with Gasteiger partial charge in [-0.2, -0.15) is 10.1 Å². The lowest BCUT2D eigenvalue weighted by atomic mass is 10.6. The summed E-state index contributed by atoms with van der Waals surface area (Å²) in [5.74, 6) is 0.0950. The normalized spacial score (nSPS) is 15.4. The van der Waals surface area contributed by atoms with E-state index in [2.05, 4.69) is 20.3 Å². The lowest BCUT2D eigenvalue weighted by molar-refractivity contribution is -0.119. The van der Waals surface area contributed by atoms with E-state index in [9.17, 15) is 4.79 Å². The molecule has 1 aromatic heterocycles. The van der Waals surface area contributed by atoms with Crippen LogP contribution in [0.25, 0.3) is 0 Å². The molecule has 0 saturated heterocycles. The van der Waals surface area contributed by atoms with Gasteiger partial charge in [0, 0.05) is 0 Å². The fourth-order valence-electron chi connectivity index (χ4n) is 0.707. The molecule has 50 valence electrons. The summed E-state index contributed by atoms with van der Waals surface area (Å²) in [6, 6.07) is 0. The van der Waals surface area contributed by atoms with E-state index in [0.717, 1.165) is 0 Å². The third-order valence-electron chi connectivity index (χ3n) is 1.13. The minimum Gasteiger partial charge on any atom is -0.269 e. The summed E-state index contributed by atoms with van der Waals surface area (Å²) < 4.78 is 1.40. The molecule has 6 nitrogen and oxygen atoms in total. The van der Waals surface area contributed by atoms with Crippen molar-refractivity contribution in [3.8, 4) is 0 Å². The lowest BCUT2D eigenvalue weighted by Gasteiger charge is -2.00. The number of amides is 1. The van der Waals surface area contributed by atoms with Gasteiger partial charge in [0.1, 0.15) is 12.9 Å². The molecule has 0 fully saturated rings. The SMILES string of the molecule is O=C1Cn2ncnc2N=N1. The van der Waals surface area contributed by atoms with Crippen LogP contribution in [0.5, 0.6) is 0 Å². The summed E-state index contributed by atoms with van der Waals surface area (Å²) in [4.78, 5) is 14.3. The Morgan fingerprint density at radius 3 is 3.30 bits per heavy atom. The van der Waals surface area contributed by atoms with Crippen LogP contribution in [0.4, 0.5) is 5.95 Å². The highest BCUT2D eigenvalue weighted by Crippen LogP contribution is 2.10. The highest BCUT2D eigenvalue weighted by atomic mass is 16.2. The molecule has 0 spiro atoms. The van der Waals surface area contributed by atoms with Crippen molar-refractivity contribution in [2.75, 3.05) is 0 Å². The van der Waals surface area contributed by atoms with E-state index in [1.165, 1.54) is 11.0 Å². The molecule has 1 amide bonds. The first-order valence-electron chi connectivity index (χ1n) is 2.68. The van der Waals surface area contributed by atoms with Gasteiger partial charge in [-0.25, -0.2) is 4.68 Å². The number of fused-ring (bicyclic) bond motifs is 1. The minimum absolute atomic E-state index is 0.152. The van der Waals surface area contributed by atoms with Crippen molar-refractivity contribution in [2.45, 2.75) is 6.54 Å². The third kappa shape index (κ3) is 0.619. The van der Waals surface area contributed by atoms with Gasteiger partial charge in [0.15, 0.2) is 0 Å². The Labute approximate surface area is 55.6 Å². The molecule has 2 heterocycles. The van der Waals surface area contributed by atoms with Gasteiger partial charge in [0.05, 0.1) is 0 Å². The van der Waals surface area contributed by atoms with Crippen LogP contribution in [0.1, 0.15) is 0 Å². The van der Waals surface area contributed by atoms with Crippen molar-refractivity contribution in [3.63, 3.8) is 0 Å². The number of hydrogen-bond donors (Lipinski definition) is 0. The molecule has 0 atom stereocenters. The highest BCUT2D eigenvalue weighted by Gasteiger charge is 2.12. The molecule has 6 heteroatoms. The molecule has 1 aliphatic rings. The molecule has 0 aliphatic carbocycles. The van der Waals surface area contributed by atoms with Crippen molar-refractivity contribution in [1.29, 1.82) is 0 Å². The maximum absolute atomic E-state index is 10.6. The number of nitrogens with zero attached hydrogens (tertiary/aromatic N) is 5. The van der Waals surface area contributed by atoms with Gasteiger partial charge in [0.2, 0.25) is 0 Å². The van der Waals surface area contributed by atoms with Gasteiger partial charge in [-0.1, -0.05) is 0 Å². The molecule has 10 heavy (non-hydrogen) atoms. The first-order valence-corrected chi connectivity index (χ1v) is 2.68. The second kappa shape index (κ2) is 1.69. The predicted octanol–water partition coefficient (Wildman–Crippen LogP) is -0.0980. The predicted molar refractivity (Wildman–Crippen MR) is 29.5 cm³/mol. The molecule has 1 aliphatic heterocycles. The van der Waals surface area contributed by atoms with E-state index in [4.69, 9.17) is 0 Å². The summed E-state index contributed by atoms with van der Waals surface area (Å²) in [5, 5.41) is 10.5. The second-order valence-corrected chi connectivity index (χ2v) is 1.81. The zero-order valence-electron chi connectivity index (χ0n) is 4.93.